The van der Waals surface area contributed by atoms with E-state index in [4.69, 9.17) is 10.2 Å². The summed E-state index contributed by atoms with van der Waals surface area (Å²) in [6.07, 6.45) is 5.27. The molecule has 0 saturated carbocycles. The molecule has 27 heavy (non-hydrogen) atoms. The number of rotatable bonds is 3. The maximum Gasteiger partial charge on any atom is 0.246 e. The van der Waals surface area contributed by atoms with Crippen molar-refractivity contribution in [2.75, 3.05) is 13.1 Å². The monoisotopic (exact) mass is 356 g/mol. The standard InChI is InChI=1S/C22H20N4O/c23-14-17-7-2-1-6-16(17)11-12-21(27)26-13-5-8-18(15-26)22-24-19-9-3-4-10-20(19)25-22/h1-4,6-7,9-12,18H,5,8,13,15H2,(H,24,25)/b12-11+/t18-/m0/s1. The van der Waals surface area contributed by atoms with Crippen LogP contribution in [0, 0.1) is 11.3 Å². The van der Waals surface area contributed by atoms with E-state index < -0.39 is 0 Å². The summed E-state index contributed by atoms with van der Waals surface area (Å²) in [5.41, 5.74) is 3.33. The van der Waals surface area contributed by atoms with Gasteiger partial charge in [-0.1, -0.05) is 30.3 Å². The molecule has 0 spiro atoms. The summed E-state index contributed by atoms with van der Waals surface area (Å²) in [6.45, 7) is 1.41. The molecule has 1 aromatic heterocycles. The van der Waals surface area contributed by atoms with Gasteiger partial charge >= 0.3 is 0 Å². The van der Waals surface area contributed by atoms with Crippen molar-refractivity contribution >= 4 is 23.0 Å². The molecule has 2 heterocycles. The van der Waals surface area contributed by atoms with Crippen LogP contribution in [0.25, 0.3) is 17.1 Å². The van der Waals surface area contributed by atoms with Crippen LogP contribution in [0.5, 0.6) is 0 Å². The number of benzene rings is 2. The zero-order valence-electron chi connectivity index (χ0n) is 14.9. The number of piperidine rings is 1. The van der Waals surface area contributed by atoms with Crippen molar-refractivity contribution < 1.29 is 4.79 Å². The van der Waals surface area contributed by atoms with Crippen LogP contribution in [-0.4, -0.2) is 33.9 Å². The largest absolute Gasteiger partial charge is 0.342 e. The summed E-state index contributed by atoms with van der Waals surface area (Å²) in [5.74, 6) is 1.14. The first-order valence-corrected chi connectivity index (χ1v) is 9.15. The predicted octanol–water partition coefficient (Wildman–Crippen LogP) is 3.85. The maximum atomic E-state index is 12.6. The van der Waals surface area contributed by atoms with E-state index in [1.807, 2.05) is 47.4 Å². The Morgan fingerprint density at radius 1 is 1.22 bits per heavy atom. The Balaban J connectivity index is 1.48. The molecule has 3 aromatic rings. The zero-order valence-corrected chi connectivity index (χ0v) is 14.9. The molecule has 5 heteroatoms. The van der Waals surface area contributed by atoms with Crippen molar-refractivity contribution in [2.24, 2.45) is 0 Å². The van der Waals surface area contributed by atoms with E-state index in [1.54, 1.807) is 18.2 Å². The number of hydrogen-bond acceptors (Lipinski definition) is 3. The predicted molar refractivity (Wildman–Crippen MR) is 105 cm³/mol. The highest BCUT2D eigenvalue weighted by molar-refractivity contribution is 5.92. The molecule has 1 aliphatic heterocycles. The molecular formula is C22H20N4O. The number of carbonyl (C=O) groups is 1. The Hall–Kier alpha value is -3.39. The van der Waals surface area contributed by atoms with Gasteiger partial charge in [0.25, 0.3) is 0 Å². The van der Waals surface area contributed by atoms with Gasteiger partial charge in [-0.05, 0) is 42.7 Å². The van der Waals surface area contributed by atoms with Crippen LogP contribution in [0.1, 0.15) is 35.7 Å². The average molecular weight is 356 g/mol. The fraction of sp³-hybridized carbons (Fsp3) is 0.227. The minimum Gasteiger partial charge on any atom is -0.342 e. The van der Waals surface area contributed by atoms with Gasteiger partial charge in [0.05, 0.1) is 22.7 Å². The number of nitriles is 1. The molecule has 2 aromatic carbocycles. The normalized spacial score (nSPS) is 17.3. The smallest absolute Gasteiger partial charge is 0.246 e. The second kappa shape index (κ2) is 7.46. The number of hydrogen-bond donors (Lipinski definition) is 1. The Morgan fingerprint density at radius 3 is 2.89 bits per heavy atom. The molecule has 1 saturated heterocycles. The Labute approximate surface area is 158 Å². The summed E-state index contributed by atoms with van der Waals surface area (Å²) < 4.78 is 0. The van der Waals surface area contributed by atoms with Gasteiger partial charge in [0.15, 0.2) is 0 Å². The number of likely N-dealkylation sites (tertiary alicyclic amines) is 1. The first-order valence-electron chi connectivity index (χ1n) is 9.15. The number of amides is 1. The van der Waals surface area contributed by atoms with Gasteiger partial charge in [-0.25, -0.2) is 4.98 Å². The first-order chi connectivity index (χ1) is 13.2. The molecule has 0 radical (unpaired) electrons. The van der Waals surface area contributed by atoms with Gasteiger partial charge in [0.2, 0.25) is 5.91 Å². The van der Waals surface area contributed by atoms with Gasteiger partial charge in [-0.2, -0.15) is 5.26 Å². The quantitative estimate of drug-likeness (QED) is 0.724. The third-order valence-corrected chi connectivity index (χ3v) is 5.01. The number of carbonyl (C=O) groups excluding carboxylic acids is 1. The van der Waals surface area contributed by atoms with Crippen molar-refractivity contribution in [3.05, 3.63) is 71.6 Å². The maximum absolute atomic E-state index is 12.6. The highest BCUT2D eigenvalue weighted by atomic mass is 16.2. The lowest BCUT2D eigenvalue weighted by Crippen LogP contribution is -2.38. The molecule has 0 bridgehead atoms. The lowest BCUT2D eigenvalue weighted by atomic mass is 9.97. The lowest BCUT2D eigenvalue weighted by molar-refractivity contribution is -0.127. The van der Waals surface area contributed by atoms with Gasteiger partial charge < -0.3 is 9.88 Å². The van der Waals surface area contributed by atoms with Crippen molar-refractivity contribution in [1.29, 1.82) is 5.26 Å². The van der Waals surface area contributed by atoms with E-state index in [9.17, 15) is 4.79 Å². The van der Waals surface area contributed by atoms with Crippen LogP contribution < -0.4 is 0 Å². The van der Waals surface area contributed by atoms with Gasteiger partial charge in [0, 0.05) is 25.1 Å². The van der Waals surface area contributed by atoms with E-state index in [-0.39, 0.29) is 11.8 Å². The molecule has 1 atom stereocenters. The minimum atomic E-state index is -0.0245. The first kappa shape index (κ1) is 17.0. The van der Waals surface area contributed by atoms with E-state index in [2.05, 4.69) is 11.1 Å². The number of nitrogens with one attached hydrogen (secondary N) is 1. The van der Waals surface area contributed by atoms with E-state index in [1.165, 1.54) is 0 Å². The number of nitrogens with zero attached hydrogens (tertiary/aromatic N) is 3. The van der Waals surface area contributed by atoms with Crippen LogP contribution in [0.2, 0.25) is 0 Å². The molecule has 1 amide bonds. The minimum absolute atomic E-state index is 0.0245. The van der Waals surface area contributed by atoms with Crippen LogP contribution in [0.3, 0.4) is 0 Å². The van der Waals surface area contributed by atoms with Crippen LogP contribution in [0.4, 0.5) is 0 Å². The van der Waals surface area contributed by atoms with Crippen molar-refractivity contribution in [3.8, 4) is 6.07 Å². The van der Waals surface area contributed by atoms with Crippen LogP contribution in [-0.2, 0) is 4.79 Å². The molecule has 5 nitrogen and oxygen atoms in total. The second-order valence-electron chi connectivity index (χ2n) is 6.79. The second-order valence-corrected chi connectivity index (χ2v) is 6.79. The average Bonchev–Trinajstić information content (AvgIpc) is 3.16. The fourth-order valence-corrected chi connectivity index (χ4v) is 3.58. The van der Waals surface area contributed by atoms with E-state index >= 15 is 0 Å². The fourth-order valence-electron chi connectivity index (χ4n) is 3.58. The summed E-state index contributed by atoms with van der Waals surface area (Å²) in [5, 5.41) is 9.16. The SMILES string of the molecule is N#Cc1ccccc1/C=C/C(=O)N1CCC[C@H](c2nc3ccccc3[nH]2)C1. The van der Waals surface area contributed by atoms with Crippen molar-refractivity contribution in [3.63, 3.8) is 0 Å². The Kier molecular flexibility index (Phi) is 4.71. The van der Waals surface area contributed by atoms with E-state index in [0.717, 1.165) is 41.8 Å². The number of H-pyrrole nitrogens is 1. The number of aromatic amines is 1. The van der Waals surface area contributed by atoms with Crippen LogP contribution >= 0.6 is 0 Å². The Bertz CT molecular complexity index is 1010. The van der Waals surface area contributed by atoms with Gasteiger partial charge in [-0.3, -0.25) is 4.79 Å². The molecular weight excluding hydrogens is 336 g/mol. The molecule has 1 aliphatic rings. The van der Waals surface area contributed by atoms with Gasteiger partial charge in [-0.15, -0.1) is 0 Å². The molecule has 134 valence electrons. The van der Waals surface area contributed by atoms with E-state index in [0.29, 0.717) is 12.1 Å². The molecule has 4 rings (SSSR count). The summed E-state index contributed by atoms with van der Waals surface area (Å²) in [6, 6.07) is 17.4. The third kappa shape index (κ3) is 3.61. The molecule has 1 N–H and O–H groups in total. The third-order valence-electron chi connectivity index (χ3n) is 5.01. The number of imidazole rings is 1. The summed E-state index contributed by atoms with van der Waals surface area (Å²) in [4.78, 5) is 22.6. The Morgan fingerprint density at radius 2 is 2.04 bits per heavy atom. The molecule has 0 aliphatic carbocycles. The highest BCUT2D eigenvalue weighted by Crippen LogP contribution is 2.27. The number of aromatic nitrogens is 2. The van der Waals surface area contributed by atoms with Crippen molar-refractivity contribution in [1.82, 2.24) is 14.9 Å². The highest BCUT2D eigenvalue weighted by Gasteiger charge is 2.25. The number of fused-ring (bicyclic) bond motifs is 1. The lowest BCUT2D eigenvalue weighted by Gasteiger charge is -2.31. The summed E-state index contributed by atoms with van der Waals surface area (Å²) in [7, 11) is 0. The molecule has 1 fully saturated rings. The zero-order chi connectivity index (χ0) is 18.6. The van der Waals surface area contributed by atoms with Crippen molar-refractivity contribution in [2.45, 2.75) is 18.8 Å². The number of para-hydroxylation sites is 2. The molecule has 0 unspecified atom stereocenters. The summed E-state index contributed by atoms with van der Waals surface area (Å²) >= 11 is 0. The topological polar surface area (TPSA) is 72.8 Å². The van der Waals surface area contributed by atoms with Gasteiger partial charge in [0.1, 0.15) is 5.82 Å². The van der Waals surface area contributed by atoms with Crippen LogP contribution in [0.15, 0.2) is 54.6 Å².